The van der Waals surface area contributed by atoms with Crippen molar-refractivity contribution >= 4 is 21.8 Å². The predicted octanol–water partition coefficient (Wildman–Crippen LogP) is 2.83. The van der Waals surface area contributed by atoms with Crippen LogP contribution in [0.25, 0.3) is 0 Å². The molecular formula is C19H27BrFN3O. The van der Waals surface area contributed by atoms with Gasteiger partial charge >= 0.3 is 0 Å². The second-order valence-corrected chi connectivity index (χ2v) is 8.95. The lowest BCUT2D eigenvalue weighted by Gasteiger charge is -2.33. The highest BCUT2D eigenvalue weighted by Gasteiger charge is 2.44. The first-order valence-corrected chi connectivity index (χ1v) is 9.76. The fraction of sp³-hybridized carbons (Fsp3) is 0.632. The summed E-state index contributed by atoms with van der Waals surface area (Å²) in [4.78, 5) is 17.4. The summed E-state index contributed by atoms with van der Waals surface area (Å²) in [5.74, 6) is -0.350. The molecule has 2 unspecified atom stereocenters. The summed E-state index contributed by atoms with van der Waals surface area (Å²) in [6.45, 7) is 11.0. The zero-order valence-electron chi connectivity index (χ0n) is 15.2. The molecule has 1 aromatic carbocycles. The molecule has 2 aliphatic rings. The molecular weight excluding hydrogens is 385 g/mol. The molecule has 4 nitrogen and oxygen atoms in total. The summed E-state index contributed by atoms with van der Waals surface area (Å²) in [6, 6.07) is 5.19. The molecule has 2 fully saturated rings. The molecule has 25 heavy (non-hydrogen) atoms. The van der Waals surface area contributed by atoms with E-state index in [1.54, 1.807) is 0 Å². The molecule has 2 saturated heterocycles. The Hall–Kier alpha value is -0.980. The lowest BCUT2D eigenvalue weighted by Crippen LogP contribution is -2.49. The molecule has 2 atom stereocenters. The van der Waals surface area contributed by atoms with E-state index >= 15 is 0 Å². The minimum atomic E-state index is -0.228. The van der Waals surface area contributed by atoms with Crippen LogP contribution in [0.2, 0.25) is 0 Å². The first kappa shape index (κ1) is 18.8. The van der Waals surface area contributed by atoms with Crippen molar-refractivity contribution in [3.05, 3.63) is 34.1 Å². The average Bonchev–Trinajstić information content (AvgIpc) is 3.00. The quantitative estimate of drug-likeness (QED) is 0.812. The minimum absolute atomic E-state index is 0.0391. The van der Waals surface area contributed by atoms with Crippen LogP contribution in [0, 0.1) is 11.7 Å². The van der Waals surface area contributed by atoms with E-state index in [4.69, 9.17) is 0 Å². The van der Waals surface area contributed by atoms with E-state index in [0.717, 1.165) is 30.7 Å². The van der Waals surface area contributed by atoms with Gasteiger partial charge in [0.05, 0.1) is 5.92 Å². The number of rotatable bonds is 2. The number of benzene rings is 1. The van der Waals surface area contributed by atoms with Crippen LogP contribution >= 0.6 is 15.9 Å². The van der Waals surface area contributed by atoms with Gasteiger partial charge in [0.1, 0.15) is 5.82 Å². The van der Waals surface area contributed by atoms with E-state index in [9.17, 15) is 9.18 Å². The maximum Gasteiger partial charge on any atom is 0.227 e. The summed E-state index contributed by atoms with van der Waals surface area (Å²) in [7, 11) is 0. The number of likely N-dealkylation sites (tertiary alicyclic amines) is 1. The van der Waals surface area contributed by atoms with E-state index in [-0.39, 0.29) is 29.1 Å². The average molecular weight is 412 g/mol. The maximum atomic E-state index is 14.6. The molecule has 0 spiro atoms. The third-order valence-electron chi connectivity index (χ3n) is 5.38. The Balaban J connectivity index is 1.90. The van der Waals surface area contributed by atoms with Crippen molar-refractivity contribution in [2.24, 2.45) is 5.92 Å². The lowest BCUT2D eigenvalue weighted by atomic mass is 9.87. The molecule has 0 aromatic heterocycles. The number of hydrogen-bond acceptors (Lipinski definition) is 3. The molecule has 1 N–H and O–H groups in total. The van der Waals surface area contributed by atoms with E-state index in [2.05, 4.69) is 46.9 Å². The van der Waals surface area contributed by atoms with Gasteiger partial charge in [-0.3, -0.25) is 9.69 Å². The third-order valence-corrected chi connectivity index (χ3v) is 5.87. The lowest BCUT2D eigenvalue weighted by molar-refractivity contribution is -0.136. The van der Waals surface area contributed by atoms with Gasteiger partial charge in [0.25, 0.3) is 0 Å². The van der Waals surface area contributed by atoms with Gasteiger partial charge in [-0.2, -0.15) is 0 Å². The van der Waals surface area contributed by atoms with E-state index < -0.39 is 0 Å². The van der Waals surface area contributed by atoms with Crippen LogP contribution in [-0.4, -0.2) is 60.5 Å². The Morgan fingerprint density at radius 3 is 2.52 bits per heavy atom. The predicted molar refractivity (Wildman–Crippen MR) is 101 cm³/mol. The molecule has 138 valence electrons. The number of carbonyl (C=O) groups is 1. The number of amides is 1. The highest BCUT2D eigenvalue weighted by Crippen LogP contribution is 2.38. The first-order chi connectivity index (χ1) is 11.8. The van der Waals surface area contributed by atoms with E-state index in [1.165, 1.54) is 6.07 Å². The normalized spacial score (nSPS) is 25.4. The molecule has 0 saturated carbocycles. The molecule has 1 amide bonds. The van der Waals surface area contributed by atoms with Crippen molar-refractivity contribution in [2.45, 2.75) is 32.2 Å². The van der Waals surface area contributed by atoms with Gasteiger partial charge in [0.15, 0.2) is 0 Å². The number of hydrogen-bond donors (Lipinski definition) is 1. The SMILES string of the molecule is CC(C)(C)N1CC(C(=O)N2CCNCC2)C(c2ccc(Br)cc2F)C1. The minimum Gasteiger partial charge on any atom is -0.340 e. The standard InChI is InChI=1S/C19H27BrFN3O/c1-19(2,3)24-11-15(14-5-4-13(20)10-17(14)21)16(12-24)18(25)23-8-6-22-7-9-23/h4-5,10,15-16,22H,6-9,11-12H2,1-3H3. The van der Waals surface area contributed by atoms with Crippen LogP contribution < -0.4 is 5.32 Å². The fourth-order valence-corrected chi connectivity index (χ4v) is 4.17. The maximum absolute atomic E-state index is 14.6. The van der Waals surface area contributed by atoms with Crippen LogP contribution in [0.4, 0.5) is 4.39 Å². The highest BCUT2D eigenvalue weighted by molar-refractivity contribution is 9.10. The summed E-state index contributed by atoms with van der Waals surface area (Å²) < 4.78 is 15.3. The number of nitrogens with zero attached hydrogens (tertiary/aromatic N) is 2. The molecule has 2 aliphatic heterocycles. The van der Waals surface area contributed by atoms with Crippen LogP contribution in [-0.2, 0) is 4.79 Å². The molecule has 6 heteroatoms. The molecule has 0 radical (unpaired) electrons. The van der Waals surface area contributed by atoms with Crippen molar-refractivity contribution in [1.82, 2.24) is 15.1 Å². The Kier molecular flexibility index (Phi) is 5.51. The number of nitrogens with one attached hydrogen (secondary N) is 1. The highest BCUT2D eigenvalue weighted by atomic mass is 79.9. The first-order valence-electron chi connectivity index (χ1n) is 8.97. The van der Waals surface area contributed by atoms with Crippen LogP contribution in [0.15, 0.2) is 22.7 Å². The second kappa shape index (κ2) is 7.33. The Morgan fingerprint density at radius 1 is 1.24 bits per heavy atom. The van der Waals surface area contributed by atoms with Crippen molar-refractivity contribution in [3.8, 4) is 0 Å². The third kappa shape index (κ3) is 4.07. The van der Waals surface area contributed by atoms with Gasteiger partial charge in [0.2, 0.25) is 5.91 Å². The van der Waals surface area contributed by atoms with Gasteiger partial charge in [0, 0.05) is 55.2 Å². The second-order valence-electron chi connectivity index (χ2n) is 8.03. The van der Waals surface area contributed by atoms with Crippen LogP contribution in [0.3, 0.4) is 0 Å². The molecule has 1 aromatic rings. The van der Waals surface area contributed by atoms with E-state index in [1.807, 2.05) is 17.0 Å². The van der Waals surface area contributed by atoms with Crippen molar-refractivity contribution in [1.29, 1.82) is 0 Å². The van der Waals surface area contributed by atoms with Gasteiger partial charge in [-0.25, -0.2) is 4.39 Å². The van der Waals surface area contributed by atoms with Crippen molar-refractivity contribution in [2.75, 3.05) is 39.3 Å². The van der Waals surface area contributed by atoms with Gasteiger partial charge in [-0.15, -0.1) is 0 Å². The summed E-state index contributed by atoms with van der Waals surface area (Å²) in [5.41, 5.74) is 0.617. The number of carbonyl (C=O) groups excluding carboxylic acids is 1. The zero-order chi connectivity index (χ0) is 18.2. The molecule has 0 bridgehead atoms. The smallest absolute Gasteiger partial charge is 0.227 e. The Bertz CT molecular complexity index is 640. The van der Waals surface area contributed by atoms with E-state index in [0.29, 0.717) is 18.7 Å². The zero-order valence-corrected chi connectivity index (χ0v) is 16.8. The van der Waals surface area contributed by atoms with Gasteiger partial charge in [-0.05, 0) is 38.5 Å². The number of piperazine rings is 1. The molecule has 3 rings (SSSR count). The van der Waals surface area contributed by atoms with Gasteiger partial charge < -0.3 is 10.2 Å². The van der Waals surface area contributed by atoms with Crippen molar-refractivity contribution < 1.29 is 9.18 Å². The summed E-state index contributed by atoms with van der Waals surface area (Å²) in [6.07, 6.45) is 0. The Labute approximate surface area is 157 Å². The monoisotopic (exact) mass is 411 g/mol. The van der Waals surface area contributed by atoms with Gasteiger partial charge in [-0.1, -0.05) is 22.0 Å². The molecule has 0 aliphatic carbocycles. The Morgan fingerprint density at radius 2 is 1.92 bits per heavy atom. The summed E-state index contributed by atoms with van der Waals surface area (Å²) in [5, 5.41) is 3.28. The number of halogens is 2. The van der Waals surface area contributed by atoms with Crippen molar-refractivity contribution in [3.63, 3.8) is 0 Å². The van der Waals surface area contributed by atoms with Crippen LogP contribution in [0.1, 0.15) is 32.3 Å². The van der Waals surface area contributed by atoms with Crippen LogP contribution in [0.5, 0.6) is 0 Å². The fourth-order valence-electron chi connectivity index (χ4n) is 3.84. The topological polar surface area (TPSA) is 35.6 Å². The largest absolute Gasteiger partial charge is 0.340 e. The molecule has 2 heterocycles. The summed E-state index contributed by atoms with van der Waals surface area (Å²) >= 11 is 3.32.